The van der Waals surface area contributed by atoms with Gasteiger partial charge in [-0.2, -0.15) is 0 Å². The normalized spacial score (nSPS) is 13.9. The van der Waals surface area contributed by atoms with Crippen LogP contribution in [0.1, 0.15) is 413 Å². The minimum atomic E-state index is -4.96. The molecule has 576 valence electrons. The number of hydrogen-bond donors (Lipinski definition) is 3. The molecule has 0 saturated heterocycles. The Kier molecular flexibility index (Phi) is 69.6. The number of hydrogen-bond acceptors (Lipinski definition) is 15. The summed E-state index contributed by atoms with van der Waals surface area (Å²) in [6.45, 7) is 7.30. The maximum atomic E-state index is 13.1. The van der Waals surface area contributed by atoms with E-state index >= 15 is 0 Å². The van der Waals surface area contributed by atoms with E-state index in [0.717, 1.165) is 102 Å². The first-order valence-corrected chi connectivity index (χ1v) is 43.6. The minimum absolute atomic E-state index is 0.107. The topological polar surface area (TPSA) is 237 Å². The van der Waals surface area contributed by atoms with Crippen LogP contribution < -0.4 is 0 Å². The number of phosphoric acid groups is 2. The van der Waals surface area contributed by atoms with Crippen LogP contribution in [0, 0.1) is 5.92 Å². The van der Waals surface area contributed by atoms with Gasteiger partial charge in [0.2, 0.25) is 0 Å². The van der Waals surface area contributed by atoms with Gasteiger partial charge in [0.1, 0.15) is 19.3 Å². The number of unbranched alkanes of at least 4 members (excludes halogenated alkanes) is 50. The van der Waals surface area contributed by atoms with Crippen molar-refractivity contribution in [3.63, 3.8) is 0 Å². The Labute approximate surface area is 594 Å². The summed E-state index contributed by atoms with van der Waals surface area (Å²) in [5.74, 6) is -1.31. The fraction of sp³-hybridized carbons (Fsp3) is 0.949. The fourth-order valence-corrected chi connectivity index (χ4v) is 13.6. The van der Waals surface area contributed by atoms with Crippen molar-refractivity contribution >= 4 is 39.5 Å². The number of ether oxygens (including phenoxy) is 4. The highest BCUT2D eigenvalue weighted by molar-refractivity contribution is 7.47. The second-order valence-corrected chi connectivity index (χ2v) is 31.5. The first-order valence-electron chi connectivity index (χ1n) is 40.6. The molecular formula is C78H152O17P2. The lowest BCUT2D eigenvalue weighted by Crippen LogP contribution is -2.30. The Bertz CT molecular complexity index is 1860. The van der Waals surface area contributed by atoms with Crippen molar-refractivity contribution in [3.05, 3.63) is 0 Å². The van der Waals surface area contributed by atoms with Gasteiger partial charge < -0.3 is 33.8 Å². The van der Waals surface area contributed by atoms with Crippen LogP contribution in [0.2, 0.25) is 0 Å². The summed E-state index contributed by atoms with van der Waals surface area (Å²) in [7, 11) is -9.91. The number of esters is 4. The highest BCUT2D eigenvalue weighted by atomic mass is 31.2. The first-order chi connectivity index (χ1) is 47.0. The highest BCUT2D eigenvalue weighted by Crippen LogP contribution is 2.45. The van der Waals surface area contributed by atoms with Crippen LogP contribution in [0.5, 0.6) is 0 Å². The molecular weight excluding hydrogens is 1270 g/mol. The lowest BCUT2D eigenvalue weighted by Gasteiger charge is -2.21. The number of aliphatic hydroxyl groups excluding tert-OH is 1. The zero-order valence-corrected chi connectivity index (χ0v) is 65.0. The Morgan fingerprint density at radius 1 is 0.278 bits per heavy atom. The standard InChI is InChI=1S/C78H152O17P2/c1-6-9-12-15-18-21-23-24-25-26-27-28-29-32-36-40-44-49-54-59-64-78(83)95-74(68-89-76(81)62-57-52-47-42-39-35-33-30-31-34-38-41-45-50-55-60-71(4)5)70-93-97(86,87)91-66-72(79)65-90-96(84,85)92-69-73(67-88-75(80)61-56-51-46-20-17-14-11-8-3)94-77(82)63-58-53-48-43-37-22-19-16-13-10-7-2/h71-74,79H,6-70H2,1-5H3,(H,84,85)(H,86,87)/t72-,73+,74+/m0/s1. The summed E-state index contributed by atoms with van der Waals surface area (Å²) in [6.07, 6.45) is 61.2. The lowest BCUT2D eigenvalue weighted by atomic mass is 10.0. The van der Waals surface area contributed by atoms with E-state index in [0.29, 0.717) is 25.7 Å². The molecule has 0 aliphatic rings. The molecule has 97 heavy (non-hydrogen) atoms. The third-order valence-corrected chi connectivity index (χ3v) is 20.2. The van der Waals surface area contributed by atoms with Crippen molar-refractivity contribution in [3.8, 4) is 0 Å². The zero-order chi connectivity index (χ0) is 71.2. The number of aliphatic hydroxyl groups is 1. The third-order valence-electron chi connectivity index (χ3n) is 18.3. The quantitative estimate of drug-likeness (QED) is 0.0222. The Morgan fingerprint density at radius 2 is 0.474 bits per heavy atom. The van der Waals surface area contributed by atoms with Crippen LogP contribution in [-0.2, 0) is 65.4 Å². The zero-order valence-electron chi connectivity index (χ0n) is 63.2. The van der Waals surface area contributed by atoms with Crippen molar-refractivity contribution in [2.75, 3.05) is 39.6 Å². The largest absolute Gasteiger partial charge is 0.472 e. The van der Waals surface area contributed by atoms with Crippen LogP contribution in [0.4, 0.5) is 0 Å². The highest BCUT2D eigenvalue weighted by Gasteiger charge is 2.30. The molecule has 0 aliphatic heterocycles. The summed E-state index contributed by atoms with van der Waals surface area (Å²) in [5.41, 5.74) is 0. The van der Waals surface area contributed by atoms with Crippen LogP contribution in [0.25, 0.3) is 0 Å². The second-order valence-electron chi connectivity index (χ2n) is 28.6. The molecule has 0 rings (SSSR count). The number of phosphoric ester groups is 2. The molecule has 2 unspecified atom stereocenters. The van der Waals surface area contributed by atoms with Crippen molar-refractivity contribution in [2.24, 2.45) is 5.92 Å². The van der Waals surface area contributed by atoms with E-state index in [1.54, 1.807) is 0 Å². The van der Waals surface area contributed by atoms with Gasteiger partial charge in [-0.3, -0.25) is 37.3 Å². The molecule has 0 heterocycles. The molecule has 3 N–H and O–H groups in total. The molecule has 5 atom stereocenters. The smallest absolute Gasteiger partial charge is 0.462 e. The van der Waals surface area contributed by atoms with E-state index in [1.807, 2.05) is 0 Å². The number of rotatable bonds is 78. The van der Waals surface area contributed by atoms with Gasteiger partial charge in [-0.05, 0) is 31.6 Å². The Balaban J connectivity index is 5.18. The summed E-state index contributed by atoms with van der Waals surface area (Å²) in [5, 5.41) is 10.6. The molecule has 0 fully saturated rings. The van der Waals surface area contributed by atoms with Gasteiger partial charge in [0.15, 0.2) is 12.2 Å². The molecule has 0 spiro atoms. The van der Waals surface area contributed by atoms with Gasteiger partial charge >= 0.3 is 39.5 Å². The van der Waals surface area contributed by atoms with Gasteiger partial charge in [0.25, 0.3) is 0 Å². The molecule has 19 heteroatoms. The van der Waals surface area contributed by atoms with Gasteiger partial charge in [0.05, 0.1) is 26.4 Å². The van der Waals surface area contributed by atoms with Gasteiger partial charge in [-0.25, -0.2) is 9.13 Å². The Morgan fingerprint density at radius 3 is 0.701 bits per heavy atom. The average Bonchev–Trinajstić information content (AvgIpc) is 1.70. The molecule has 0 aromatic heterocycles. The average molecular weight is 1420 g/mol. The molecule has 0 amide bonds. The summed E-state index contributed by atoms with van der Waals surface area (Å²) >= 11 is 0. The third kappa shape index (κ3) is 72.2. The van der Waals surface area contributed by atoms with Gasteiger partial charge in [-0.15, -0.1) is 0 Å². The first kappa shape index (κ1) is 95.1. The van der Waals surface area contributed by atoms with E-state index < -0.39 is 97.5 Å². The summed E-state index contributed by atoms with van der Waals surface area (Å²) in [4.78, 5) is 72.8. The monoisotopic (exact) mass is 1420 g/mol. The van der Waals surface area contributed by atoms with Gasteiger partial charge in [0, 0.05) is 25.7 Å². The molecule has 17 nitrogen and oxygen atoms in total. The molecule has 0 bridgehead atoms. The summed E-state index contributed by atoms with van der Waals surface area (Å²) < 4.78 is 68.5. The number of carbonyl (C=O) groups excluding carboxylic acids is 4. The lowest BCUT2D eigenvalue weighted by molar-refractivity contribution is -0.161. The van der Waals surface area contributed by atoms with E-state index in [9.17, 15) is 43.2 Å². The molecule has 0 saturated carbocycles. The fourth-order valence-electron chi connectivity index (χ4n) is 12.1. The van der Waals surface area contributed by atoms with E-state index in [2.05, 4.69) is 34.6 Å². The van der Waals surface area contributed by atoms with Gasteiger partial charge in [-0.1, -0.05) is 362 Å². The Hall–Kier alpha value is -1.94. The molecule has 0 aromatic carbocycles. The van der Waals surface area contributed by atoms with E-state index in [1.165, 1.54) is 231 Å². The van der Waals surface area contributed by atoms with E-state index in [4.69, 9.17) is 37.0 Å². The van der Waals surface area contributed by atoms with Crippen LogP contribution in [0.3, 0.4) is 0 Å². The maximum absolute atomic E-state index is 13.1. The second kappa shape index (κ2) is 71.1. The molecule has 0 aromatic rings. The predicted octanol–water partition coefficient (Wildman–Crippen LogP) is 23.3. The van der Waals surface area contributed by atoms with Crippen molar-refractivity contribution in [2.45, 2.75) is 432 Å². The van der Waals surface area contributed by atoms with Crippen LogP contribution in [0.15, 0.2) is 0 Å². The van der Waals surface area contributed by atoms with Crippen molar-refractivity contribution in [1.82, 2.24) is 0 Å². The van der Waals surface area contributed by atoms with E-state index in [-0.39, 0.29) is 25.7 Å². The maximum Gasteiger partial charge on any atom is 0.472 e. The molecule has 0 radical (unpaired) electrons. The minimum Gasteiger partial charge on any atom is -0.462 e. The van der Waals surface area contributed by atoms with Crippen LogP contribution >= 0.6 is 15.6 Å². The number of carbonyl (C=O) groups is 4. The van der Waals surface area contributed by atoms with Crippen molar-refractivity contribution < 1.29 is 80.2 Å². The van der Waals surface area contributed by atoms with Crippen molar-refractivity contribution in [1.29, 1.82) is 0 Å². The predicted molar refractivity (Wildman–Crippen MR) is 395 cm³/mol. The summed E-state index contributed by atoms with van der Waals surface area (Å²) in [6, 6.07) is 0. The van der Waals surface area contributed by atoms with Crippen LogP contribution in [-0.4, -0.2) is 96.7 Å². The molecule has 0 aliphatic carbocycles. The SMILES string of the molecule is CCCCCCCCCCCCCCCCCCCCCCC(=O)O[C@H](COC(=O)CCCCCCCCCCCCCCCCCC(C)C)COP(=O)(O)OC[C@@H](O)COP(=O)(O)OC[C@@H](COC(=O)CCCCCCCCCC)OC(=O)CCCCCCCCCCCCC.